The molecule has 0 unspecified atom stereocenters. The predicted molar refractivity (Wildman–Crippen MR) is 118 cm³/mol. The third kappa shape index (κ3) is 2.68. The molecule has 2 heterocycles. The van der Waals surface area contributed by atoms with Crippen LogP contribution in [0.2, 0.25) is 0 Å². The van der Waals surface area contributed by atoms with Crippen molar-refractivity contribution in [2.45, 2.75) is 33.5 Å². The molecule has 1 aliphatic heterocycles. The maximum atomic E-state index is 8.77. The van der Waals surface area contributed by atoms with Crippen LogP contribution in [0.15, 0.2) is 60.1 Å². The summed E-state index contributed by atoms with van der Waals surface area (Å²) in [4.78, 5) is 2.16. The normalized spacial score (nSPS) is 17.4. The van der Waals surface area contributed by atoms with Crippen LogP contribution in [0.3, 0.4) is 0 Å². The van der Waals surface area contributed by atoms with Gasteiger partial charge < -0.3 is 4.81 Å². The number of anilines is 1. The zero-order valence-electron chi connectivity index (χ0n) is 20.7. The van der Waals surface area contributed by atoms with Crippen molar-refractivity contribution in [1.29, 1.82) is 0 Å². The van der Waals surface area contributed by atoms with Crippen molar-refractivity contribution in [2.75, 3.05) is 11.9 Å². The van der Waals surface area contributed by atoms with Gasteiger partial charge in [0, 0.05) is 28.7 Å². The van der Waals surface area contributed by atoms with Gasteiger partial charge in [0.1, 0.15) is 7.05 Å². The molecule has 1 aromatic heterocycles. The van der Waals surface area contributed by atoms with Gasteiger partial charge in [-0.3, -0.25) is 0 Å². The molecule has 0 amide bonds. The Labute approximate surface area is 168 Å². The summed E-state index contributed by atoms with van der Waals surface area (Å²) in [6, 6.07) is 17.9. The molecule has 27 heavy (non-hydrogen) atoms. The average molecular weight is 359 g/mol. The Morgan fingerprint density at radius 3 is 2.56 bits per heavy atom. The third-order valence-corrected chi connectivity index (χ3v) is 5.80. The van der Waals surface area contributed by atoms with Crippen LogP contribution in [0.25, 0.3) is 16.5 Å². The van der Waals surface area contributed by atoms with Gasteiger partial charge in [-0.05, 0) is 55.6 Å². The minimum atomic E-state index is -2.22. The Morgan fingerprint density at radius 1 is 1.11 bits per heavy atom. The molecule has 0 atom stereocenters. The van der Waals surface area contributed by atoms with E-state index in [1.54, 1.807) is 0 Å². The van der Waals surface area contributed by atoms with Crippen molar-refractivity contribution >= 4 is 34.6 Å². The number of hydrogen-bond acceptors (Lipinski definition) is 1. The summed E-state index contributed by atoms with van der Waals surface area (Å²) >= 11 is 0. The monoisotopic (exact) mass is 359 g/mol. The van der Waals surface area contributed by atoms with E-state index in [0.29, 0.717) is 5.57 Å². The summed E-state index contributed by atoms with van der Waals surface area (Å²) in [6.45, 7) is 3.26. The fraction of sp³-hybridized carbons (Fsp3) is 0.292. The molecule has 0 saturated heterocycles. The highest BCUT2D eigenvalue weighted by Gasteiger charge is 2.39. The summed E-state index contributed by atoms with van der Waals surface area (Å²) in [6.07, 6.45) is 0. The number of hydrogen-bond donors (Lipinski definition) is 0. The minimum Gasteiger partial charge on any atom is -0.404 e. The van der Waals surface area contributed by atoms with E-state index in [2.05, 4.69) is 27.6 Å². The zero-order chi connectivity index (χ0) is 22.7. The molecule has 136 valence electrons. The van der Waals surface area contributed by atoms with E-state index < -0.39 is 12.7 Å². The molecule has 0 saturated carbocycles. The number of para-hydroxylation sites is 2. The maximum Gasteiger partial charge on any atom is 0.399 e. The second-order valence-corrected chi connectivity index (χ2v) is 7.65. The fourth-order valence-electron chi connectivity index (χ4n) is 4.32. The number of nitrogens with zero attached hydrogens (tertiary/aromatic N) is 2. The van der Waals surface area contributed by atoms with Crippen LogP contribution in [0.4, 0.5) is 5.69 Å². The Hall–Kier alpha value is -2.55. The quantitative estimate of drug-likeness (QED) is 0.484. The standard InChI is InChI=1S/C24H28BN2/c1-16(2)21-15-24(26(5)22-13-9-8-12-20(21)22)25-18(4)17(3)19-11-7-10-14-23(19)27(25)6/h7-16H,1-6H3/q+1/i3D3,16D. The molecule has 0 radical (unpaired) electrons. The topological polar surface area (TPSA) is 7.12 Å². The van der Waals surface area contributed by atoms with Crippen molar-refractivity contribution in [3.8, 4) is 0 Å². The first kappa shape index (κ1) is 13.6. The lowest BCUT2D eigenvalue weighted by molar-refractivity contribution is -0.627. The van der Waals surface area contributed by atoms with Crippen molar-refractivity contribution in [2.24, 2.45) is 7.05 Å². The summed E-state index contributed by atoms with van der Waals surface area (Å²) in [5.74, 6) is -0.793. The lowest BCUT2D eigenvalue weighted by Crippen LogP contribution is -2.62. The highest BCUT2D eigenvalue weighted by Crippen LogP contribution is 2.35. The van der Waals surface area contributed by atoms with Gasteiger partial charge in [0.25, 0.3) is 0 Å². The summed E-state index contributed by atoms with van der Waals surface area (Å²) in [5.41, 5.74) is 5.86. The molecule has 0 spiro atoms. The van der Waals surface area contributed by atoms with E-state index in [1.165, 1.54) is 0 Å². The van der Waals surface area contributed by atoms with E-state index in [4.69, 9.17) is 5.48 Å². The molecule has 3 heteroatoms. The molecule has 1 aliphatic rings. The molecule has 0 fully saturated rings. The second-order valence-electron chi connectivity index (χ2n) is 7.65. The first-order valence-corrected chi connectivity index (χ1v) is 9.38. The van der Waals surface area contributed by atoms with Gasteiger partial charge in [-0.1, -0.05) is 49.7 Å². The lowest BCUT2D eigenvalue weighted by Gasteiger charge is -2.34. The van der Waals surface area contributed by atoms with Crippen LogP contribution in [0.1, 0.15) is 50.1 Å². The number of benzene rings is 2. The Bertz CT molecular complexity index is 1210. The number of rotatable bonds is 2. The summed E-state index contributed by atoms with van der Waals surface area (Å²) in [7, 11) is 4.04. The maximum absolute atomic E-state index is 8.77. The molecule has 4 rings (SSSR count). The van der Waals surface area contributed by atoms with Gasteiger partial charge in [-0.25, -0.2) is 4.57 Å². The Morgan fingerprint density at radius 2 is 1.81 bits per heavy atom. The number of fused-ring (bicyclic) bond motifs is 2. The number of aromatic nitrogens is 1. The third-order valence-electron chi connectivity index (χ3n) is 5.80. The number of aryl methyl sites for hydroxylation is 1. The Balaban J connectivity index is 2.08. The molecule has 2 aromatic carbocycles. The smallest absolute Gasteiger partial charge is 0.399 e. The van der Waals surface area contributed by atoms with Gasteiger partial charge in [0.05, 0.1) is 0 Å². The van der Waals surface area contributed by atoms with Crippen LogP contribution in [-0.4, -0.2) is 13.9 Å². The van der Waals surface area contributed by atoms with Crippen molar-refractivity contribution < 1.29 is 10.1 Å². The van der Waals surface area contributed by atoms with Crippen molar-refractivity contribution in [3.05, 3.63) is 71.2 Å². The molecule has 3 aromatic rings. The predicted octanol–water partition coefficient (Wildman–Crippen LogP) is 4.47. The molecular formula is C24H28BN2+. The molecule has 0 N–H and O–H groups in total. The van der Waals surface area contributed by atoms with Gasteiger partial charge in [0.2, 0.25) is 5.52 Å². The van der Waals surface area contributed by atoms with E-state index in [-0.39, 0.29) is 6.85 Å². The largest absolute Gasteiger partial charge is 0.404 e. The lowest BCUT2D eigenvalue weighted by atomic mass is 9.47. The van der Waals surface area contributed by atoms with E-state index >= 15 is 0 Å². The average Bonchev–Trinajstić information content (AvgIpc) is 2.68. The number of allylic oxidation sites excluding steroid dienone is 2. The van der Waals surface area contributed by atoms with Gasteiger partial charge >= 0.3 is 6.85 Å². The van der Waals surface area contributed by atoms with Gasteiger partial charge in [-0.2, -0.15) is 0 Å². The van der Waals surface area contributed by atoms with Crippen LogP contribution in [0, 0.1) is 0 Å². The van der Waals surface area contributed by atoms with E-state index in [1.807, 2.05) is 71.3 Å². The van der Waals surface area contributed by atoms with Gasteiger partial charge in [-0.15, -0.1) is 0 Å². The zero-order valence-corrected chi connectivity index (χ0v) is 16.7. The minimum absolute atomic E-state index is 0.249. The van der Waals surface area contributed by atoms with Crippen LogP contribution in [0.5, 0.6) is 0 Å². The molecule has 0 bridgehead atoms. The van der Waals surface area contributed by atoms with Gasteiger partial charge in [0.15, 0.2) is 5.59 Å². The van der Waals surface area contributed by atoms with Crippen molar-refractivity contribution in [3.63, 3.8) is 0 Å². The summed E-state index contributed by atoms with van der Waals surface area (Å²) in [5, 5.41) is 1.05. The van der Waals surface area contributed by atoms with E-state index in [0.717, 1.165) is 38.8 Å². The van der Waals surface area contributed by atoms with Crippen LogP contribution >= 0.6 is 0 Å². The molecule has 0 aliphatic carbocycles. The SMILES string of the molecule is [2H]C([2H])([2H])C1=C(C)B(c2cc(C([2H])(C)C)c3ccccc3[n+]2C)N(C)c2ccccc21. The molecular weight excluding hydrogens is 327 g/mol. The fourth-order valence-corrected chi connectivity index (χ4v) is 4.32. The van der Waals surface area contributed by atoms with E-state index in [9.17, 15) is 0 Å². The Kier molecular flexibility index (Phi) is 3.30. The summed E-state index contributed by atoms with van der Waals surface area (Å²) < 4.78 is 35.7. The van der Waals surface area contributed by atoms with Crippen molar-refractivity contribution in [1.82, 2.24) is 0 Å². The molecule has 2 nitrogen and oxygen atoms in total. The highest BCUT2D eigenvalue weighted by molar-refractivity contribution is 6.83. The second kappa shape index (κ2) is 6.56. The highest BCUT2D eigenvalue weighted by atomic mass is 15.1. The first-order chi connectivity index (χ1) is 14.4. The van der Waals surface area contributed by atoms with Crippen LogP contribution in [-0.2, 0) is 7.05 Å². The first-order valence-electron chi connectivity index (χ1n) is 11.4. The number of pyridine rings is 1. The van der Waals surface area contributed by atoms with Crippen LogP contribution < -0.4 is 15.0 Å².